The quantitative estimate of drug-likeness (QED) is 0.658. The summed E-state index contributed by atoms with van der Waals surface area (Å²) in [6.07, 6.45) is 1.48. The summed E-state index contributed by atoms with van der Waals surface area (Å²) in [5.41, 5.74) is -1.03. The lowest BCUT2D eigenvalue weighted by molar-refractivity contribution is -0.386. The molecular weight excluding hydrogens is 262 g/mol. The first-order chi connectivity index (χ1) is 9.08. The zero-order valence-corrected chi connectivity index (χ0v) is 9.47. The number of nitro groups is 1. The number of nitrogens with zero attached hydrogens (tertiary/aromatic N) is 3. The zero-order valence-electron chi connectivity index (χ0n) is 9.47. The first kappa shape index (κ1) is 12.9. The van der Waals surface area contributed by atoms with E-state index in [0.29, 0.717) is 12.0 Å². The van der Waals surface area contributed by atoms with Crippen LogP contribution in [0.15, 0.2) is 23.0 Å². The Balaban J connectivity index is 2.12. The van der Waals surface area contributed by atoms with Crippen LogP contribution in [0.5, 0.6) is 0 Å². The van der Waals surface area contributed by atoms with Gasteiger partial charge in [0.15, 0.2) is 6.33 Å². The summed E-state index contributed by atoms with van der Waals surface area (Å²) < 4.78 is 31.0. The number of hydrogen-bond acceptors (Lipinski definition) is 6. The van der Waals surface area contributed by atoms with E-state index in [1.807, 2.05) is 0 Å². The maximum absolute atomic E-state index is 13.3. The molecule has 0 fully saturated rings. The van der Waals surface area contributed by atoms with Crippen molar-refractivity contribution in [3.8, 4) is 0 Å². The van der Waals surface area contributed by atoms with Gasteiger partial charge < -0.3 is 9.84 Å². The number of nitro benzene ring substituents is 1. The van der Waals surface area contributed by atoms with Crippen molar-refractivity contribution in [1.82, 2.24) is 10.1 Å². The molecule has 2 aromatic rings. The molecule has 9 heteroatoms. The van der Waals surface area contributed by atoms with Crippen molar-refractivity contribution in [2.75, 3.05) is 11.9 Å². The second-order valence-corrected chi connectivity index (χ2v) is 3.55. The molecule has 1 aromatic heterocycles. The highest BCUT2D eigenvalue weighted by Gasteiger charge is 2.21. The van der Waals surface area contributed by atoms with Crippen LogP contribution in [-0.2, 0) is 6.42 Å². The average Bonchev–Trinajstić information content (AvgIpc) is 2.80. The third-order valence-corrected chi connectivity index (χ3v) is 2.27. The molecule has 0 bridgehead atoms. The lowest BCUT2D eigenvalue weighted by Gasteiger charge is -2.06. The topological polar surface area (TPSA) is 94.1 Å². The van der Waals surface area contributed by atoms with Crippen LogP contribution in [0.2, 0.25) is 0 Å². The fourth-order valence-electron chi connectivity index (χ4n) is 1.50. The third kappa shape index (κ3) is 3.00. The van der Waals surface area contributed by atoms with Crippen LogP contribution in [0.25, 0.3) is 0 Å². The summed E-state index contributed by atoms with van der Waals surface area (Å²) >= 11 is 0. The molecular formula is C10H8F2N4O3. The molecule has 0 saturated heterocycles. The van der Waals surface area contributed by atoms with Crippen molar-refractivity contribution < 1.29 is 18.2 Å². The molecule has 100 valence electrons. The molecule has 0 amide bonds. The molecule has 1 N–H and O–H groups in total. The van der Waals surface area contributed by atoms with Crippen molar-refractivity contribution >= 4 is 11.4 Å². The Hall–Kier alpha value is -2.58. The first-order valence-corrected chi connectivity index (χ1v) is 5.21. The Labute approximate surface area is 105 Å². The maximum atomic E-state index is 13.3. The normalized spacial score (nSPS) is 10.4. The Morgan fingerprint density at radius 2 is 2.21 bits per heavy atom. The van der Waals surface area contributed by atoms with E-state index in [4.69, 9.17) is 4.52 Å². The fraction of sp³-hybridized carbons (Fsp3) is 0.200. The molecule has 1 heterocycles. The Morgan fingerprint density at radius 3 is 2.84 bits per heavy atom. The summed E-state index contributed by atoms with van der Waals surface area (Å²) in [7, 11) is 0. The van der Waals surface area contributed by atoms with Crippen molar-refractivity contribution in [3.05, 3.63) is 46.1 Å². The Kier molecular flexibility index (Phi) is 3.64. The van der Waals surface area contributed by atoms with Gasteiger partial charge in [-0.15, -0.1) is 0 Å². The van der Waals surface area contributed by atoms with Gasteiger partial charge in [-0.05, 0) is 0 Å². The van der Waals surface area contributed by atoms with E-state index < -0.39 is 22.2 Å². The van der Waals surface area contributed by atoms with Gasteiger partial charge in [-0.25, -0.2) is 4.39 Å². The Morgan fingerprint density at radius 1 is 1.42 bits per heavy atom. The number of nitrogens with one attached hydrogen (secondary N) is 1. The van der Waals surface area contributed by atoms with Gasteiger partial charge >= 0.3 is 5.69 Å². The van der Waals surface area contributed by atoms with Gasteiger partial charge in [0.25, 0.3) is 0 Å². The van der Waals surface area contributed by atoms with Gasteiger partial charge in [0.2, 0.25) is 11.7 Å². The number of aromatic nitrogens is 2. The Bertz CT molecular complexity index is 589. The van der Waals surface area contributed by atoms with E-state index in [-0.39, 0.29) is 18.7 Å². The van der Waals surface area contributed by atoms with E-state index in [0.717, 1.165) is 6.07 Å². The van der Waals surface area contributed by atoms with Crippen molar-refractivity contribution in [1.29, 1.82) is 0 Å². The summed E-state index contributed by atoms with van der Waals surface area (Å²) in [5, 5.41) is 16.7. The number of hydrogen-bond donors (Lipinski definition) is 1. The number of anilines is 1. The minimum absolute atomic E-state index is 0.159. The predicted molar refractivity (Wildman–Crippen MR) is 59.5 cm³/mol. The second kappa shape index (κ2) is 5.38. The van der Waals surface area contributed by atoms with Crippen LogP contribution in [0.4, 0.5) is 20.2 Å². The summed E-state index contributed by atoms with van der Waals surface area (Å²) in [4.78, 5) is 13.5. The van der Waals surface area contributed by atoms with Crippen LogP contribution in [0.1, 0.15) is 5.89 Å². The smallest absolute Gasteiger partial charge is 0.327 e. The minimum Gasteiger partial charge on any atom is -0.379 e. The molecule has 0 aliphatic carbocycles. The van der Waals surface area contributed by atoms with E-state index in [1.54, 1.807) is 0 Å². The molecule has 19 heavy (non-hydrogen) atoms. The van der Waals surface area contributed by atoms with E-state index in [9.17, 15) is 18.9 Å². The second-order valence-electron chi connectivity index (χ2n) is 3.55. The SMILES string of the molecule is O=[N+]([O-])c1c(F)cc(F)cc1NCCc1ncno1. The molecule has 0 unspecified atom stereocenters. The highest BCUT2D eigenvalue weighted by molar-refractivity contribution is 5.62. The lowest BCUT2D eigenvalue weighted by Crippen LogP contribution is -2.08. The fourth-order valence-corrected chi connectivity index (χ4v) is 1.50. The summed E-state index contributed by atoms with van der Waals surface area (Å²) in [5.74, 6) is -1.82. The van der Waals surface area contributed by atoms with Crippen molar-refractivity contribution in [2.45, 2.75) is 6.42 Å². The minimum atomic E-state index is -1.23. The van der Waals surface area contributed by atoms with Gasteiger partial charge in [0, 0.05) is 25.1 Å². The number of rotatable bonds is 5. The van der Waals surface area contributed by atoms with E-state index in [2.05, 4.69) is 15.5 Å². The lowest BCUT2D eigenvalue weighted by atomic mass is 10.2. The predicted octanol–water partition coefficient (Wildman–Crippen LogP) is 1.91. The van der Waals surface area contributed by atoms with Gasteiger partial charge in [0.1, 0.15) is 11.5 Å². The van der Waals surface area contributed by atoms with Crippen molar-refractivity contribution in [2.24, 2.45) is 0 Å². The van der Waals surface area contributed by atoms with Gasteiger partial charge in [-0.2, -0.15) is 9.37 Å². The third-order valence-electron chi connectivity index (χ3n) is 2.27. The van der Waals surface area contributed by atoms with Crippen LogP contribution in [0.3, 0.4) is 0 Å². The molecule has 0 atom stereocenters. The molecule has 0 saturated carbocycles. The first-order valence-electron chi connectivity index (χ1n) is 5.21. The summed E-state index contributed by atoms with van der Waals surface area (Å²) in [6, 6.07) is 1.32. The molecule has 0 spiro atoms. The monoisotopic (exact) mass is 270 g/mol. The van der Waals surface area contributed by atoms with Gasteiger partial charge in [0.05, 0.1) is 4.92 Å². The molecule has 7 nitrogen and oxygen atoms in total. The van der Waals surface area contributed by atoms with Gasteiger partial charge in [-0.1, -0.05) is 5.16 Å². The standard InChI is InChI=1S/C10H8F2N4O3/c11-6-3-7(12)10(16(17)18)8(4-6)13-2-1-9-14-5-15-19-9/h3-5,13H,1-2H2. The molecule has 2 rings (SSSR count). The average molecular weight is 270 g/mol. The summed E-state index contributed by atoms with van der Waals surface area (Å²) in [6.45, 7) is 0.159. The number of halogens is 2. The van der Waals surface area contributed by atoms with Crippen LogP contribution in [0, 0.1) is 21.7 Å². The van der Waals surface area contributed by atoms with Crippen LogP contribution in [-0.4, -0.2) is 21.6 Å². The highest BCUT2D eigenvalue weighted by Crippen LogP contribution is 2.28. The van der Waals surface area contributed by atoms with E-state index >= 15 is 0 Å². The van der Waals surface area contributed by atoms with Crippen molar-refractivity contribution in [3.63, 3.8) is 0 Å². The molecule has 0 aliphatic rings. The molecule has 0 radical (unpaired) electrons. The van der Waals surface area contributed by atoms with Crippen LogP contribution < -0.4 is 5.32 Å². The maximum Gasteiger partial charge on any atom is 0.327 e. The molecule has 1 aromatic carbocycles. The van der Waals surface area contributed by atoms with E-state index in [1.165, 1.54) is 6.33 Å². The zero-order chi connectivity index (χ0) is 13.8. The van der Waals surface area contributed by atoms with Crippen LogP contribution >= 0.6 is 0 Å². The number of benzene rings is 1. The largest absolute Gasteiger partial charge is 0.379 e. The highest BCUT2D eigenvalue weighted by atomic mass is 19.1. The van der Waals surface area contributed by atoms with Gasteiger partial charge in [-0.3, -0.25) is 10.1 Å². The molecule has 0 aliphatic heterocycles.